The van der Waals surface area contributed by atoms with Crippen molar-refractivity contribution in [1.82, 2.24) is 0 Å². The summed E-state index contributed by atoms with van der Waals surface area (Å²) in [6.45, 7) is 0. The molecule has 2 nitrogen and oxygen atoms in total. The molecule has 0 saturated heterocycles. The molecule has 1 atom stereocenters. The van der Waals surface area contributed by atoms with Gasteiger partial charge in [0.15, 0.2) is 11.5 Å². The smallest absolute Gasteiger partial charge is 0.151 e. The van der Waals surface area contributed by atoms with E-state index in [-0.39, 0.29) is 0 Å². The van der Waals surface area contributed by atoms with Crippen LogP contribution in [-0.2, 0) is 5.41 Å². The summed E-state index contributed by atoms with van der Waals surface area (Å²) in [6, 6.07) is 71.8. The van der Waals surface area contributed by atoms with Crippen molar-refractivity contribution in [1.29, 1.82) is 0 Å². The molecule has 11 rings (SSSR count). The molecule has 1 spiro atoms. The first-order valence-corrected chi connectivity index (χ1v) is 20.8. The summed E-state index contributed by atoms with van der Waals surface area (Å²) in [5.41, 5.74) is 10.7. The van der Waals surface area contributed by atoms with E-state index in [1.165, 1.54) is 58.7 Å². The molecule has 3 aliphatic rings. The quantitative estimate of drug-likeness (QED) is 0.169. The van der Waals surface area contributed by atoms with Gasteiger partial charge in [0.25, 0.3) is 0 Å². The van der Waals surface area contributed by atoms with Crippen LogP contribution in [0.3, 0.4) is 0 Å². The number of rotatable bonds is 3. The first-order chi connectivity index (χ1) is 26.3. The maximum absolute atomic E-state index is 6.31. The second-order valence-corrected chi connectivity index (χ2v) is 17.9. The predicted octanol–water partition coefficient (Wildman–Crippen LogP) is 10.3. The van der Waals surface area contributed by atoms with Gasteiger partial charge in [0.2, 0.25) is 0 Å². The van der Waals surface area contributed by atoms with Crippen molar-refractivity contribution in [3.05, 3.63) is 216 Å². The number of anilines is 3. The highest BCUT2D eigenvalue weighted by Gasteiger charge is 2.50. The van der Waals surface area contributed by atoms with E-state index in [0.717, 1.165) is 28.6 Å². The van der Waals surface area contributed by atoms with Crippen LogP contribution in [0.4, 0.5) is 17.1 Å². The average Bonchev–Trinajstić information content (AvgIpc) is 3.23. The summed E-state index contributed by atoms with van der Waals surface area (Å²) in [6.07, 6.45) is 0. The van der Waals surface area contributed by atoms with E-state index >= 15 is 0 Å². The van der Waals surface area contributed by atoms with Gasteiger partial charge in [-0.1, -0.05) is 156 Å². The Morgan fingerprint density at radius 2 is 0.962 bits per heavy atom. The van der Waals surface area contributed by atoms with E-state index in [2.05, 4.69) is 175 Å². The van der Waals surface area contributed by atoms with Crippen molar-refractivity contribution < 1.29 is 4.74 Å². The number of para-hydroxylation sites is 4. The van der Waals surface area contributed by atoms with Gasteiger partial charge in [-0.05, 0) is 98.4 Å². The van der Waals surface area contributed by atoms with Crippen molar-refractivity contribution in [2.24, 2.45) is 0 Å². The van der Waals surface area contributed by atoms with Crippen LogP contribution < -0.4 is 25.2 Å². The van der Waals surface area contributed by atoms with Gasteiger partial charge in [0.1, 0.15) is 8.80 Å². The summed E-state index contributed by atoms with van der Waals surface area (Å²) >= 11 is 1.90. The Labute approximate surface area is 315 Å². The second kappa shape index (κ2) is 12.0. The minimum absolute atomic E-state index is 0.445. The van der Waals surface area contributed by atoms with Crippen LogP contribution >= 0.6 is 11.8 Å². The van der Waals surface area contributed by atoms with Crippen LogP contribution in [0.5, 0.6) is 11.5 Å². The van der Waals surface area contributed by atoms with Crippen LogP contribution in [-0.4, -0.2) is 8.80 Å². The highest BCUT2D eigenvalue weighted by atomic mass is 32.2. The molecule has 0 amide bonds. The third-order valence-electron chi connectivity index (χ3n) is 11.3. The van der Waals surface area contributed by atoms with Gasteiger partial charge in [0.05, 0.1) is 16.8 Å². The van der Waals surface area contributed by atoms with Gasteiger partial charge in [0, 0.05) is 15.5 Å². The molecular weight excluding hydrogens is 679 g/mol. The van der Waals surface area contributed by atoms with E-state index in [0.29, 0.717) is 0 Å². The molecule has 3 aliphatic heterocycles. The molecule has 8 aromatic rings. The molecule has 53 heavy (non-hydrogen) atoms. The van der Waals surface area contributed by atoms with Crippen molar-refractivity contribution in [3.63, 3.8) is 0 Å². The Bertz CT molecular complexity index is 2620. The molecule has 0 bridgehead atoms. The average molecular weight is 712 g/mol. The Hall–Kier alpha value is -6.07. The third-order valence-corrected chi connectivity index (χ3v) is 15.7. The van der Waals surface area contributed by atoms with E-state index in [1.807, 2.05) is 36.0 Å². The molecule has 4 heteroatoms. The zero-order chi connectivity index (χ0) is 34.9. The fraction of sp³-hybridized carbons (Fsp3) is 0.0204. The highest BCUT2D eigenvalue weighted by molar-refractivity contribution is 7.99. The number of fused-ring (bicyclic) bond motifs is 10. The van der Waals surface area contributed by atoms with Crippen molar-refractivity contribution in [2.45, 2.75) is 15.2 Å². The summed E-state index contributed by atoms with van der Waals surface area (Å²) in [5, 5.41) is 4.45. The normalized spacial score (nSPS) is 15.5. The second-order valence-electron chi connectivity index (χ2n) is 14.0. The topological polar surface area (TPSA) is 12.5 Å². The molecular formula is C49H33NOSSi. The van der Waals surface area contributed by atoms with E-state index < -0.39 is 14.2 Å². The summed E-state index contributed by atoms with van der Waals surface area (Å²) in [5.74, 6) is 1.72. The van der Waals surface area contributed by atoms with Crippen molar-refractivity contribution in [3.8, 4) is 22.6 Å². The minimum atomic E-state index is -1.84. The lowest BCUT2D eigenvalue weighted by molar-refractivity contribution is 0.477. The molecule has 0 radical (unpaired) electrons. The number of ether oxygens (including phenoxy) is 1. The first kappa shape index (κ1) is 30.5. The van der Waals surface area contributed by atoms with Crippen LogP contribution in [0.25, 0.3) is 11.1 Å². The summed E-state index contributed by atoms with van der Waals surface area (Å²) < 4.78 is 6.31. The molecule has 1 unspecified atom stereocenters. The van der Waals surface area contributed by atoms with E-state index in [4.69, 9.17) is 4.74 Å². The Morgan fingerprint density at radius 1 is 0.434 bits per heavy atom. The van der Waals surface area contributed by atoms with Gasteiger partial charge in [-0.25, -0.2) is 0 Å². The van der Waals surface area contributed by atoms with Crippen LogP contribution in [0.1, 0.15) is 22.3 Å². The zero-order valence-electron chi connectivity index (χ0n) is 28.8. The summed E-state index contributed by atoms with van der Waals surface area (Å²) in [4.78, 5) is 4.96. The molecule has 8 aromatic carbocycles. The van der Waals surface area contributed by atoms with Crippen molar-refractivity contribution >= 4 is 53.2 Å². The van der Waals surface area contributed by atoms with Gasteiger partial charge < -0.3 is 9.64 Å². The predicted molar refractivity (Wildman–Crippen MR) is 222 cm³/mol. The summed E-state index contributed by atoms with van der Waals surface area (Å²) in [7, 11) is -1.84. The molecule has 250 valence electrons. The van der Waals surface area contributed by atoms with Gasteiger partial charge in [-0.15, -0.1) is 0 Å². The molecule has 3 heterocycles. The van der Waals surface area contributed by atoms with Crippen molar-refractivity contribution in [2.75, 3.05) is 4.90 Å². The zero-order valence-corrected chi connectivity index (χ0v) is 30.8. The molecule has 0 saturated carbocycles. The monoisotopic (exact) mass is 711 g/mol. The maximum Gasteiger partial charge on any atom is 0.151 e. The molecule has 0 aliphatic carbocycles. The lowest BCUT2D eigenvalue weighted by Gasteiger charge is -2.48. The van der Waals surface area contributed by atoms with E-state index in [9.17, 15) is 0 Å². The fourth-order valence-corrected chi connectivity index (χ4v) is 13.8. The Balaban J connectivity index is 1.13. The third kappa shape index (κ3) is 4.53. The Kier molecular flexibility index (Phi) is 6.91. The van der Waals surface area contributed by atoms with Crippen LogP contribution in [0, 0.1) is 0 Å². The Morgan fingerprint density at radius 3 is 1.64 bits per heavy atom. The molecule has 0 N–H and O–H groups in total. The van der Waals surface area contributed by atoms with Crippen LogP contribution in [0.2, 0.25) is 0 Å². The maximum atomic E-state index is 6.31. The minimum Gasteiger partial charge on any atom is -0.453 e. The van der Waals surface area contributed by atoms with E-state index in [1.54, 1.807) is 0 Å². The SMILES string of the molecule is c1ccc([SiH]2c3ccccc3C3(c4ccccc4Sc4ccccc43)c3cc(-c4ccc(N5c6ccccc6Oc6ccccc65)cc4)ccc32)cc1. The number of hydrogen-bond acceptors (Lipinski definition) is 3. The lowest BCUT2D eigenvalue weighted by atomic mass is 9.64. The lowest BCUT2D eigenvalue weighted by Crippen LogP contribution is -2.62. The fourth-order valence-electron chi connectivity index (χ4n) is 9.08. The number of hydrogen-bond donors (Lipinski definition) is 0. The van der Waals surface area contributed by atoms with Crippen LogP contribution in [0.15, 0.2) is 204 Å². The molecule has 0 fully saturated rings. The number of nitrogens with zero attached hydrogens (tertiary/aromatic N) is 1. The standard InChI is InChI=1S/C49H33NOSSi/c1-2-14-36(15-3-1)53-47-25-13-6-18-39(47)49(37-16-4-11-23-45(37)52-46-24-12-5-17-38(46)49)40-32-34(28-31-48(40)53)33-26-29-35(30-27-33)50-41-19-7-9-21-43(41)51-44-22-10-8-20-42(44)50/h1-32,53H. The van der Waals surface area contributed by atoms with Gasteiger partial charge in [-0.3, -0.25) is 0 Å². The first-order valence-electron chi connectivity index (χ1n) is 18.2. The largest absolute Gasteiger partial charge is 0.453 e. The number of benzene rings is 8. The van der Waals surface area contributed by atoms with Gasteiger partial charge >= 0.3 is 0 Å². The molecule has 0 aromatic heterocycles. The van der Waals surface area contributed by atoms with Gasteiger partial charge in [-0.2, -0.15) is 0 Å². The highest BCUT2D eigenvalue weighted by Crippen LogP contribution is 2.56.